The van der Waals surface area contributed by atoms with Crippen molar-refractivity contribution in [3.63, 3.8) is 0 Å². The molecule has 1 fully saturated rings. The zero-order chi connectivity index (χ0) is 24.1. The maximum atomic E-state index is 12.5. The van der Waals surface area contributed by atoms with Crippen molar-refractivity contribution in [2.45, 2.75) is 70.8 Å². The van der Waals surface area contributed by atoms with Gasteiger partial charge in [0.15, 0.2) is 5.11 Å². The predicted molar refractivity (Wildman–Crippen MR) is 133 cm³/mol. The number of benzene rings is 1. The number of nitrogens with zero attached hydrogens (tertiary/aromatic N) is 1. The number of esters is 1. The zero-order valence-electron chi connectivity index (χ0n) is 19.2. The van der Waals surface area contributed by atoms with Gasteiger partial charge < -0.3 is 15.0 Å². The van der Waals surface area contributed by atoms with Gasteiger partial charge in [-0.1, -0.05) is 75.6 Å². The molecule has 9 heteroatoms. The van der Waals surface area contributed by atoms with Crippen molar-refractivity contribution in [3.05, 3.63) is 34.9 Å². The summed E-state index contributed by atoms with van der Waals surface area (Å²) >= 11 is 11.4. The number of amides is 2. The van der Waals surface area contributed by atoms with Gasteiger partial charge in [0, 0.05) is 13.1 Å². The van der Waals surface area contributed by atoms with E-state index in [2.05, 4.69) is 17.6 Å². The van der Waals surface area contributed by atoms with Crippen LogP contribution in [-0.4, -0.2) is 53.5 Å². The van der Waals surface area contributed by atoms with Crippen molar-refractivity contribution in [1.29, 1.82) is 0 Å². The Balaban J connectivity index is 1.78. The Labute approximate surface area is 206 Å². The predicted octanol–water partition coefficient (Wildman–Crippen LogP) is 4.23. The fraction of sp³-hybridized carbons (Fsp3) is 0.583. The number of piperazine rings is 1. The Hall–Kier alpha value is -2.19. The second-order valence-corrected chi connectivity index (χ2v) is 8.93. The molecule has 1 atom stereocenters. The molecule has 1 aliphatic heterocycles. The van der Waals surface area contributed by atoms with E-state index in [1.807, 2.05) is 0 Å². The second-order valence-electron chi connectivity index (χ2n) is 8.14. The van der Waals surface area contributed by atoms with Crippen LogP contribution in [0.5, 0.6) is 0 Å². The van der Waals surface area contributed by atoms with E-state index in [1.165, 1.54) is 32.1 Å². The fourth-order valence-corrected chi connectivity index (χ4v) is 4.21. The van der Waals surface area contributed by atoms with Crippen molar-refractivity contribution in [3.8, 4) is 0 Å². The van der Waals surface area contributed by atoms with E-state index >= 15 is 0 Å². The molecule has 2 rings (SSSR count). The van der Waals surface area contributed by atoms with Crippen LogP contribution in [0.2, 0.25) is 5.02 Å². The van der Waals surface area contributed by atoms with Crippen LogP contribution >= 0.6 is 23.8 Å². The molecule has 0 spiro atoms. The number of hydrogen-bond donors (Lipinski definition) is 2. The van der Waals surface area contributed by atoms with Crippen LogP contribution in [-0.2, 0) is 14.3 Å². The molecule has 0 aliphatic carbocycles. The molecular formula is C24H34ClN3O4S. The van der Waals surface area contributed by atoms with Crippen LogP contribution < -0.4 is 10.6 Å². The lowest BCUT2D eigenvalue weighted by Crippen LogP contribution is -2.60. The summed E-state index contributed by atoms with van der Waals surface area (Å²) in [5.41, 5.74) is 0.282. The fourth-order valence-electron chi connectivity index (χ4n) is 3.68. The summed E-state index contributed by atoms with van der Waals surface area (Å²) < 4.78 is 5.34. The minimum absolute atomic E-state index is 0.0793. The van der Waals surface area contributed by atoms with Crippen LogP contribution in [0.3, 0.4) is 0 Å². The number of ether oxygens (including phenoxy) is 1. The molecule has 0 bridgehead atoms. The number of hydrogen-bond acceptors (Lipinski definition) is 5. The SMILES string of the molecule is CCCCCCCCCCOC(=O)CC1C(=O)NCCN1C(=S)NC(=O)c1ccccc1Cl. The first-order valence-electron chi connectivity index (χ1n) is 11.7. The molecule has 1 heterocycles. The van der Waals surface area contributed by atoms with E-state index in [0.29, 0.717) is 24.7 Å². The van der Waals surface area contributed by atoms with Crippen molar-refractivity contribution in [2.75, 3.05) is 19.7 Å². The summed E-state index contributed by atoms with van der Waals surface area (Å²) in [6.07, 6.45) is 9.12. The number of carbonyl (C=O) groups is 3. The van der Waals surface area contributed by atoms with Crippen LogP contribution in [0.15, 0.2) is 24.3 Å². The molecule has 7 nitrogen and oxygen atoms in total. The molecular weight excluding hydrogens is 462 g/mol. The van der Waals surface area contributed by atoms with Gasteiger partial charge in [0.2, 0.25) is 5.91 Å². The highest BCUT2D eigenvalue weighted by Crippen LogP contribution is 2.16. The molecule has 0 aromatic heterocycles. The molecule has 0 saturated carbocycles. The summed E-state index contributed by atoms with van der Waals surface area (Å²) in [6, 6.07) is 5.79. The first-order chi connectivity index (χ1) is 15.9. The minimum Gasteiger partial charge on any atom is -0.466 e. The number of rotatable bonds is 12. The highest BCUT2D eigenvalue weighted by molar-refractivity contribution is 7.80. The van der Waals surface area contributed by atoms with Crippen LogP contribution in [0, 0.1) is 0 Å². The van der Waals surface area contributed by atoms with E-state index < -0.39 is 17.9 Å². The monoisotopic (exact) mass is 495 g/mol. The van der Waals surface area contributed by atoms with Crippen LogP contribution in [0.1, 0.15) is 75.1 Å². The topological polar surface area (TPSA) is 87.7 Å². The number of unbranched alkanes of at least 4 members (excludes halogenated alkanes) is 7. The molecule has 33 heavy (non-hydrogen) atoms. The van der Waals surface area contributed by atoms with Gasteiger partial charge in [-0.3, -0.25) is 19.7 Å². The zero-order valence-corrected chi connectivity index (χ0v) is 20.8. The van der Waals surface area contributed by atoms with E-state index in [4.69, 9.17) is 28.6 Å². The van der Waals surface area contributed by atoms with Crippen LogP contribution in [0.25, 0.3) is 0 Å². The van der Waals surface area contributed by atoms with E-state index in [0.717, 1.165) is 19.3 Å². The third kappa shape index (κ3) is 9.29. The lowest BCUT2D eigenvalue weighted by Gasteiger charge is -2.36. The van der Waals surface area contributed by atoms with Gasteiger partial charge in [0.05, 0.1) is 23.6 Å². The molecule has 1 aromatic carbocycles. The van der Waals surface area contributed by atoms with E-state index in [1.54, 1.807) is 29.2 Å². The summed E-state index contributed by atoms with van der Waals surface area (Å²) in [5, 5.41) is 5.74. The van der Waals surface area contributed by atoms with Crippen molar-refractivity contribution in [1.82, 2.24) is 15.5 Å². The lowest BCUT2D eigenvalue weighted by atomic mass is 10.1. The Morgan fingerprint density at radius 2 is 1.82 bits per heavy atom. The summed E-state index contributed by atoms with van der Waals surface area (Å²) in [7, 11) is 0. The third-order valence-electron chi connectivity index (χ3n) is 5.55. The quantitative estimate of drug-likeness (QED) is 0.256. The van der Waals surface area contributed by atoms with E-state index in [9.17, 15) is 14.4 Å². The van der Waals surface area contributed by atoms with Gasteiger partial charge in [-0.2, -0.15) is 0 Å². The Morgan fingerprint density at radius 1 is 1.15 bits per heavy atom. The number of halogens is 1. The van der Waals surface area contributed by atoms with E-state index in [-0.39, 0.29) is 23.0 Å². The largest absolute Gasteiger partial charge is 0.466 e. The standard InChI is InChI=1S/C24H34ClN3O4S/c1-2-3-4-5-6-7-8-11-16-32-21(29)17-20-23(31)26-14-15-28(20)24(33)27-22(30)18-12-9-10-13-19(18)25/h9-10,12-13,20H,2-8,11,14-17H2,1H3,(H,26,31)(H,27,30,33). The van der Waals surface area contributed by atoms with Crippen LogP contribution in [0.4, 0.5) is 0 Å². The Morgan fingerprint density at radius 3 is 2.52 bits per heavy atom. The Bertz CT molecular complexity index is 821. The van der Waals surface area contributed by atoms with Gasteiger partial charge in [-0.25, -0.2) is 0 Å². The van der Waals surface area contributed by atoms with Gasteiger partial charge >= 0.3 is 5.97 Å². The smallest absolute Gasteiger partial charge is 0.308 e. The van der Waals surface area contributed by atoms with Crippen molar-refractivity contribution < 1.29 is 19.1 Å². The maximum absolute atomic E-state index is 12.5. The first-order valence-corrected chi connectivity index (χ1v) is 12.5. The molecule has 182 valence electrons. The summed E-state index contributed by atoms with van der Waals surface area (Å²) in [4.78, 5) is 38.9. The normalized spacial score (nSPS) is 15.6. The number of thiocarbonyl (C=S) groups is 1. The molecule has 2 N–H and O–H groups in total. The van der Waals surface area contributed by atoms with Gasteiger partial charge in [0.25, 0.3) is 5.91 Å². The summed E-state index contributed by atoms with van der Waals surface area (Å²) in [5.74, 6) is -1.24. The van der Waals surface area contributed by atoms with Gasteiger partial charge in [-0.05, 0) is 30.8 Å². The molecule has 1 saturated heterocycles. The highest BCUT2D eigenvalue weighted by Gasteiger charge is 2.34. The Kier molecular flexibility index (Phi) is 12.2. The second kappa shape index (κ2) is 14.9. The molecule has 1 unspecified atom stereocenters. The van der Waals surface area contributed by atoms with Crippen molar-refractivity contribution >= 4 is 46.7 Å². The molecule has 1 aromatic rings. The molecule has 2 amide bonds. The third-order valence-corrected chi connectivity index (χ3v) is 6.22. The van der Waals surface area contributed by atoms with Crippen molar-refractivity contribution in [2.24, 2.45) is 0 Å². The lowest BCUT2D eigenvalue weighted by molar-refractivity contribution is -0.147. The number of nitrogens with one attached hydrogen (secondary N) is 2. The average molecular weight is 496 g/mol. The first kappa shape index (κ1) is 27.1. The number of carbonyl (C=O) groups excluding carboxylic acids is 3. The van der Waals surface area contributed by atoms with Gasteiger partial charge in [0.1, 0.15) is 6.04 Å². The summed E-state index contributed by atoms with van der Waals surface area (Å²) in [6.45, 7) is 3.29. The average Bonchev–Trinajstić information content (AvgIpc) is 2.79. The highest BCUT2D eigenvalue weighted by atomic mass is 35.5. The minimum atomic E-state index is -0.830. The molecule has 0 radical (unpaired) electrons. The maximum Gasteiger partial charge on any atom is 0.308 e. The van der Waals surface area contributed by atoms with Gasteiger partial charge in [-0.15, -0.1) is 0 Å². The molecule has 1 aliphatic rings.